The first-order valence-corrected chi connectivity index (χ1v) is 7.11. The number of aliphatic hydroxyl groups is 1. The zero-order valence-electron chi connectivity index (χ0n) is 13.2. The highest BCUT2D eigenvalue weighted by Crippen LogP contribution is 2.26. The monoisotopic (exact) mass is 282 g/mol. The fourth-order valence-corrected chi connectivity index (χ4v) is 1.95. The third kappa shape index (κ3) is 4.46. The van der Waals surface area contributed by atoms with Crippen molar-refractivity contribution in [2.45, 2.75) is 39.8 Å². The average Bonchev–Trinajstić information content (AvgIpc) is 2.37. The van der Waals surface area contributed by atoms with Crippen LogP contribution in [0.4, 0.5) is 10.1 Å². The van der Waals surface area contributed by atoms with Gasteiger partial charge in [-0.05, 0) is 50.1 Å². The summed E-state index contributed by atoms with van der Waals surface area (Å²) in [6, 6.07) is 4.80. The van der Waals surface area contributed by atoms with Gasteiger partial charge in [-0.3, -0.25) is 0 Å². The number of likely N-dealkylation sites (N-methyl/N-ethyl adjacent to an activating group) is 1. The molecule has 0 amide bonds. The van der Waals surface area contributed by atoms with Gasteiger partial charge in [0.25, 0.3) is 0 Å². The second-order valence-electron chi connectivity index (χ2n) is 6.33. The van der Waals surface area contributed by atoms with Crippen molar-refractivity contribution >= 4 is 5.69 Å². The van der Waals surface area contributed by atoms with Crippen molar-refractivity contribution in [1.29, 1.82) is 0 Å². The first-order valence-electron chi connectivity index (χ1n) is 7.11. The molecule has 0 saturated carbocycles. The molecule has 0 fully saturated rings. The van der Waals surface area contributed by atoms with Crippen LogP contribution in [0.3, 0.4) is 0 Å². The molecule has 20 heavy (non-hydrogen) atoms. The fraction of sp³-hybridized carbons (Fsp3) is 0.625. The molecule has 0 aliphatic carbocycles. The number of halogens is 1. The van der Waals surface area contributed by atoms with Crippen LogP contribution in [0.5, 0.6) is 0 Å². The van der Waals surface area contributed by atoms with Gasteiger partial charge in [-0.15, -0.1) is 0 Å². The first-order chi connectivity index (χ1) is 9.27. The molecule has 0 unspecified atom stereocenters. The minimum absolute atomic E-state index is 0.0414. The van der Waals surface area contributed by atoms with E-state index in [0.717, 1.165) is 17.8 Å². The van der Waals surface area contributed by atoms with Crippen LogP contribution in [0, 0.1) is 11.7 Å². The summed E-state index contributed by atoms with van der Waals surface area (Å²) in [5.74, 6) is 0.323. The maximum Gasteiger partial charge on any atom is 0.123 e. The van der Waals surface area contributed by atoms with Gasteiger partial charge in [-0.1, -0.05) is 13.8 Å². The molecule has 0 aromatic heterocycles. The van der Waals surface area contributed by atoms with Gasteiger partial charge >= 0.3 is 0 Å². The second kappa shape index (κ2) is 7.04. The Hall–Kier alpha value is -1.13. The topological polar surface area (TPSA) is 35.5 Å². The van der Waals surface area contributed by atoms with Gasteiger partial charge in [0.2, 0.25) is 0 Å². The van der Waals surface area contributed by atoms with E-state index in [1.54, 1.807) is 12.1 Å². The smallest absolute Gasteiger partial charge is 0.123 e. The van der Waals surface area contributed by atoms with E-state index in [1.165, 1.54) is 6.07 Å². The molecular weight excluding hydrogens is 255 g/mol. The first kappa shape index (κ1) is 16.9. The molecule has 0 aliphatic heterocycles. The molecule has 0 aliphatic rings. The van der Waals surface area contributed by atoms with E-state index in [9.17, 15) is 9.50 Å². The van der Waals surface area contributed by atoms with Gasteiger partial charge in [0, 0.05) is 19.3 Å². The van der Waals surface area contributed by atoms with Crippen molar-refractivity contribution in [2.24, 2.45) is 5.92 Å². The lowest BCUT2D eigenvalue weighted by atomic mass is 10.0. The van der Waals surface area contributed by atoms with Crippen LogP contribution in [0.15, 0.2) is 18.2 Å². The van der Waals surface area contributed by atoms with E-state index < -0.39 is 0 Å². The maximum atomic E-state index is 13.5. The SMILES string of the molecule is CC(C)CNCc1cc(F)ccc1N(C)C(C)(C)CO. The summed E-state index contributed by atoms with van der Waals surface area (Å²) in [5.41, 5.74) is 1.47. The fourth-order valence-electron chi connectivity index (χ4n) is 1.95. The maximum absolute atomic E-state index is 13.5. The zero-order chi connectivity index (χ0) is 15.3. The predicted octanol–water partition coefficient (Wildman–Crippen LogP) is 2.78. The summed E-state index contributed by atoms with van der Waals surface area (Å²) in [4.78, 5) is 2.00. The number of rotatable bonds is 7. The van der Waals surface area contributed by atoms with E-state index >= 15 is 0 Å². The Morgan fingerprint density at radius 2 is 2.00 bits per heavy atom. The third-order valence-corrected chi connectivity index (χ3v) is 3.57. The van der Waals surface area contributed by atoms with Gasteiger partial charge in [0.1, 0.15) is 5.82 Å². The van der Waals surface area contributed by atoms with Gasteiger partial charge in [0.15, 0.2) is 0 Å². The summed E-state index contributed by atoms with van der Waals surface area (Å²) in [6.45, 7) is 9.75. The quantitative estimate of drug-likeness (QED) is 0.807. The number of hydrogen-bond donors (Lipinski definition) is 2. The highest BCUT2D eigenvalue weighted by molar-refractivity contribution is 5.55. The van der Waals surface area contributed by atoms with Crippen molar-refractivity contribution in [3.63, 3.8) is 0 Å². The van der Waals surface area contributed by atoms with Crippen LogP contribution in [-0.2, 0) is 6.54 Å². The lowest BCUT2D eigenvalue weighted by Crippen LogP contribution is -2.45. The highest BCUT2D eigenvalue weighted by Gasteiger charge is 2.24. The van der Waals surface area contributed by atoms with Crippen molar-refractivity contribution in [1.82, 2.24) is 5.32 Å². The van der Waals surface area contributed by atoms with E-state index in [4.69, 9.17) is 0 Å². The lowest BCUT2D eigenvalue weighted by molar-refractivity contribution is 0.216. The molecule has 3 nitrogen and oxygen atoms in total. The third-order valence-electron chi connectivity index (χ3n) is 3.57. The van der Waals surface area contributed by atoms with Crippen molar-refractivity contribution < 1.29 is 9.50 Å². The molecule has 1 aromatic rings. The van der Waals surface area contributed by atoms with Crippen molar-refractivity contribution in [2.75, 3.05) is 25.1 Å². The van der Waals surface area contributed by atoms with Gasteiger partial charge in [0.05, 0.1) is 12.1 Å². The Balaban J connectivity index is 2.95. The van der Waals surface area contributed by atoms with Crippen LogP contribution >= 0.6 is 0 Å². The number of nitrogens with zero attached hydrogens (tertiary/aromatic N) is 1. The summed E-state index contributed by atoms with van der Waals surface area (Å²) < 4.78 is 13.5. The summed E-state index contributed by atoms with van der Waals surface area (Å²) >= 11 is 0. The largest absolute Gasteiger partial charge is 0.394 e. The molecule has 0 saturated heterocycles. The molecule has 4 heteroatoms. The van der Waals surface area contributed by atoms with E-state index in [2.05, 4.69) is 19.2 Å². The summed E-state index contributed by atoms with van der Waals surface area (Å²) in [6.07, 6.45) is 0. The summed E-state index contributed by atoms with van der Waals surface area (Å²) in [5, 5.41) is 12.8. The number of aliphatic hydroxyl groups excluding tert-OH is 1. The van der Waals surface area contributed by atoms with Crippen LogP contribution in [0.1, 0.15) is 33.3 Å². The van der Waals surface area contributed by atoms with Gasteiger partial charge in [-0.2, -0.15) is 0 Å². The number of benzene rings is 1. The molecule has 0 atom stereocenters. The van der Waals surface area contributed by atoms with Crippen LogP contribution in [0.25, 0.3) is 0 Å². The lowest BCUT2D eigenvalue weighted by Gasteiger charge is -2.37. The van der Waals surface area contributed by atoms with Crippen LogP contribution in [-0.4, -0.2) is 30.8 Å². The molecule has 1 rings (SSSR count). The van der Waals surface area contributed by atoms with Crippen LogP contribution < -0.4 is 10.2 Å². The van der Waals surface area contributed by atoms with Gasteiger partial charge in [-0.25, -0.2) is 4.39 Å². The van der Waals surface area contributed by atoms with E-state index in [0.29, 0.717) is 12.5 Å². The molecule has 0 radical (unpaired) electrons. The Kier molecular flexibility index (Phi) is 5.96. The highest BCUT2D eigenvalue weighted by atomic mass is 19.1. The predicted molar refractivity (Wildman–Crippen MR) is 82.5 cm³/mol. The normalized spacial score (nSPS) is 12.0. The average molecular weight is 282 g/mol. The molecule has 1 aromatic carbocycles. The molecule has 2 N–H and O–H groups in total. The summed E-state index contributed by atoms with van der Waals surface area (Å²) in [7, 11) is 1.93. The number of anilines is 1. The molecular formula is C16H27FN2O. The Labute approximate surface area is 121 Å². The Bertz CT molecular complexity index is 432. The molecule has 114 valence electrons. The molecule has 0 bridgehead atoms. The van der Waals surface area contributed by atoms with E-state index in [-0.39, 0.29) is 18.0 Å². The van der Waals surface area contributed by atoms with Crippen LogP contribution in [0.2, 0.25) is 0 Å². The zero-order valence-corrected chi connectivity index (χ0v) is 13.2. The minimum atomic E-state index is -0.384. The molecule has 0 heterocycles. The standard InChI is InChI=1S/C16H27FN2O/c1-12(2)9-18-10-13-8-14(17)6-7-15(13)19(5)16(3,4)11-20/h6-8,12,18,20H,9-11H2,1-5H3. The van der Waals surface area contributed by atoms with Gasteiger partial charge < -0.3 is 15.3 Å². The minimum Gasteiger partial charge on any atom is -0.394 e. The molecule has 0 spiro atoms. The Morgan fingerprint density at radius 3 is 2.55 bits per heavy atom. The number of hydrogen-bond acceptors (Lipinski definition) is 3. The van der Waals surface area contributed by atoms with Crippen molar-refractivity contribution in [3.8, 4) is 0 Å². The van der Waals surface area contributed by atoms with E-state index in [1.807, 2.05) is 25.8 Å². The second-order valence-corrected chi connectivity index (χ2v) is 6.33. The van der Waals surface area contributed by atoms with Crippen molar-refractivity contribution in [3.05, 3.63) is 29.6 Å². The number of nitrogens with one attached hydrogen (secondary N) is 1. The Morgan fingerprint density at radius 1 is 1.35 bits per heavy atom.